The Morgan fingerprint density at radius 3 is 2.79 bits per heavy atom. The van der Waals surface area contributed by atoms with E-state index in [2.05, 4.69) is 5.10 Å². The summed E-state index contributed by atoms with van der Waals surface area (Å²) in [6.45, 7) is 1.55. The van der Waals surface area contributed by atoms with Gasteiger partial charge in [-0.2, -0.15) is 5.10 Å². The highest BCUT2D eigenvalue weighted by Crippen LogP contribution is 2.09. The van der Waals surface area contributed by atoms with Crippen molar-refractivity contribution in [1.82, 2.24) is 5.01 Å². The molecule has 0 aromatic carbocycles. The molecule has 2 N–H and O–H groups in total. The number of nitrogens with zero attached hydrogens (tertiary/aromatic N) is 2. The van der Waals surface area contributed by atoms with Gasteiger partial charge in [-0.15, -0.1) is 0 Å². The molecule has 0 aliphatic carbocycles. The first kappa shape index (κ1) is 10.6. The maximum Gasteiger partial charge on any atom is 0.352 e. The van der Waals surface area contributed by atoms with Gasteiger partial charge in [0, 0.05) is 12.8 Å². The number of carboxylic acid groups (broad SMARTS) is 1. The molecule has 1 unspecified atom stereocenters. The molecule has 0 aromatic rings. The van der Waals surface area contributed by atoms with Crippen LogP contribution in [0.4, 0.5) is 0 Å². The normalized spacial score (nSPS) is 19.1. The third kappa shape index (κ3) is 2.53. The molecule has 1 amide bonds. The molecular weight excluding hydrogens is 188 g/mol. The van der Waals surface area contributed by atoms with Crippen LogP contribution in [0.1, 0.15) is 19.8 Å². The van der Waals surface area contributed by atoms with E-state index in [-0.39, 0.29) is 31.0 Å². The maximum absolute atomic E-state index is 11.2. The molecule has 0 aromatic heterocycles. The van der Waals surface area contributed by atoms with Gasteiger partial charge in [-0.05, 0) is 6.92 Å². The fourth-order valence-electron chi connectivity index (χ4n) is 1.15. The number of aliphatic hydroxyl groups is 1. The molecule has 0 saturated heterocycles. The van der Waals surface area contributed by atoms with E-state index < -0.39 is 12.1 Å². The molecule has 6 heteroatoms. The third-order valence-corrected chi connectivity index (χ3v) is 1.79. The largest absolute Gasteiger partial charge is 0.477 e. The number of carbonyl (C=O) groups is 2. The van der Waals surface area contributed by atoms with Crippen LogP contribution < -0.4 is 0 Å². The van der Waals surface area contributed by atoms with Gasteiger partial charge in [0.2, 0.25) is 5.91 Å². The Balaban J connectivity index is 2.75. The highest BCUT2D eigenvalue weighted by Gasteiger charge is 2.24. The molecule has 0 radical (unpaired) electrons. The van der Waals surface area contributed by atoms with E-state index in [1.807, 2.05) is 0 Å². The van der Waals surface area contributed by atoms with E-state index in [0.29, 0.717) is 0 Å². The molecular formula is C8H12N2O4. The number of carbonyl (C=O) groups excluding carboxylic acids is 1. The average molecular weight is 200 g/mol. The van der Waals surface area contributed by atoms with E-state index in [1.165, 1.54) is 6.92 Å². The van der Waals surface area contributed by atoms with Gasteiger partial charge in [0.05, 0.1) is 12.6 Å². The number of aliphatic hydroxyl groups excluding tert-OH is 1. The summed E-state index contributed by atoms with van der Waals surface area (Å²) in [6, 6.07) is 0. The first-order valence-electron chi connectivity index (χ1n) is 4.30. The molecule has 1 aliphatic rings. The summed E-state index contributed by atoms with van der Waals surface area (Å²) in [5.74, 6) is -1.37. The average Bonchev–Trinajstić information content (AvgIpc) is 2.07. The van der Waals surface area contributed by atoms with Gasteiger partial charge < -0.3 is 10.2 Å². The minimum Gasteiger partial charge on any atom is -0.477 e. The van der Waals surface area contributed by atoms with Crippen LogP contribution in [0.2, 0.25) is 0 Å². The van der Waals surface area contributed by atoms with Crippen molar-refractivity contribution in [3.05, 3.63) is 0 Å². The second-order valence-electron chi connectivity index (χ2n) is 3.18. The van der Waals surface area contributed by atoms with Crippen LogP contribution in [0.15, 0.2) is 5.10 Å². The summed E-state index contributed by atoms with van der Waals surface area (Å²) in [7, 11) is 0. The van der Waals surface area contributed by atoms with Gasteiger partial charge in [0.25, 0.3) is 0 Å². The van der Waals surface area contributed by atoms with Crippen LogP contribution in [0.5, 0.6) is 0 Å². The zero-order chi connectivity index (χ0) is 10.7. The Kier molecular flexibility index (Phi) is 3.19. The van der Waals surface area contributed by atoms with Crippen LogP contribution >= 0.6 is 0 Å². The molecule has 0 saturated carbocycles. The van der Waals surface area contributed by atoms with E-state index >= 15 is 0 Å². The molecule has 78 valence electrons. The first-order valence-corrected chi connectivity index (χ1v) is 4.30. The summed E-state index contributed by atoms with van der Waals surface area (Å²) in [5, 5.41) is 22.3. The Morgan fingerprint density at radius 1 is 1.64 bits per heavy atom. The Morgan fingerprint density at radius 2 is 2.29 bits per heavy atom. The minimum atomic E-state index is -1.12. The lowest BCUT2D eigenvalue weighted by atomic mass is 10.1. The highest BCUT2D eigenvalue weighted by atomic mass is 16.4. The third-order valence-electron chi connectivity index (χ3n) is 1.79. The van der Waals surface area contributed by atoms with Crippen molar-refractivity contribution in [1.29, 1.82) is 0 Å². The molecule has 6 nitrogen and oxygen atoms in total. The lowest BCUT2D eigenvalue weighted by Crippen LogP contribution is -2.38. The van der Waals surface area contributed by atoms with E-state index in [9.17, 15) is 9.59 Å². The second-order valence-corrected chi connectivity index (χ2v) is 3.18. The van der Waals surface area contributed by atoms with Crippen molar-refractivity contribution in [3.8, 4) is 0 Å². The second kappa shape index (κ2) is 4.19. The monoisotopic (exact) mass is 200 g/mol. The number of hydrogen-bond donors (Lipinski definition) is 2. The summed E-state index contributed by atoms with van der Waals surface area (Å²) in [6.07, 6.45) is -0.418. The van der Waals surface area contributed by atoms with Crippen molar-refractivity contribution in [2.24, 2.45) is 5.10 Å². The predicted octanol–water partition coefficient (Wildman–Crippen LogP) is -0.570. The molecule has 1 atom stereocenters. The smallest absolute Gasteiger partial charge is 0.352 e. The molecule has 0 fully saturated rings. The fraction of sp³-hybridized carbons (Fsp3) is 0.625. The van der Waals surface area contributed by atoms with Crippen LogP contribution in [0.25, 0.3) is 0 Å². The summed E-state index contributed by atoms with van der Waals surface area (Å²) < 4.78 is 0. The number of aliphatic carboxylic acids is 1. The Hall–Kier alpha value is -1.43. The lowest BCUT2D eigenvalue weighted by Gasteiger charge is -2.22. The summed E-state index contributed by atoms with van der Waals surface area (Å²) >= 11 is 0. The number of β-amino-alcohol motifs (C(OH)–C–C–N with tert-alkyl or cyclic N) is 1. The van der Waals surface area contributed by atoms with Crippen molar-refractivity contribution >= 4 is 17.6 Å². The van der Waals surface area contributed by atoms with Gasteiger partial charge in [-0.3, -0.25) is 4.79 Å². The highest BCUT2D eigenvalue weighted by molar-refractivity contribution is 6.36. The van der Waals surface area contributed by atoms with Gasteiger partial charge in [0.1, 0.15) is 5.71 Å². The lowest BCUT2D eigenvalue weighted by molar-refractivity contribution is -0.134. The van der Waals surface area contributed by atoms with Crippen LogP contribution in [0.3, 0.4) is 0 Å². The molecule has 1 aliphatic heterocycles. The quantitative estimate of drug-likeness (QED) is 0.638. The SMILES string of the molecule is CC(O)CN1N=C(C(=O)O)CCC1=O. The van der Waals surface area contributed by atoms with Crippen LogP contribution in [0, 0.1) is 0 Å². The molecule has 0 spiro atoms. The van der Waals surface area contributed by atoms with Gasteiger partial charge in [0.15, 0.2) is 0 Å². The fourth-order valence-corrected chi connectivity index (χ4v) is 1.15. The van der Waals surface area contributed by atoms with Gasteiger partial charge in [-0.1, -0.05) is 0 Å². The van der Waals surface area contributed by atoms with Crippen molar-refractivity contribution in [2.45, 2.75) is 25.9 Å². The predicted molar refractivity (Wildman–Crippen MR) is 47.7 cm³/mol. The zero-order valence-corrected chi connectivity index (χ0v) is 7.80. The molecule has 1 heterocycles. The number of amides is 1. The zero-order valence-electron chi connectivity index (χ0n) is 7.80. The maximum atomic E-state index is 11.2. The van der Waals surface area contributed by atoms with E-state index in [4.69, 9.17) is 10.2 Å². The molecule has 0 bridgehead atoms. The standard InChI is InChI=1S/C8H12N2O4/c1-5(11)4-10-7(12)3-2-6(9-10)8(13)14/h5,11H,2-4H2,1H3,(H,13,14). The Bertz CT molecular complexity index is 285. The van der Waals surface area contributed by atoms with Crippen molar-refractivity contribution in [2.75, 3.05) is 6.54 Å². The van der Waals surface area contributed by atoms with Crippen molar-refractivity contribution < 1.29 is 19.8 Å². The molecule has 1 rings (SSSR count). The van der Waals surface area contributed by atoms with Crippen molar-refractivity contribution in [3.63, 3.8) is 0 Å². The topological polar surface area (TPSA) is 90.2 Å². The minimum absolute atomic E-state index is 0.0368. The first-order chi connectivity index (χ1) is 6.50. The summed E-state index contributed by atoms with van der Waals surface area (Å²) in [4.78, 5) is 21.8. The number of rotatable bonds is 3. The number of carboxylic acids is 1. The number of hydrazone groups is 1. The van der Waals surface area contributed by atoms with Gasteiger partial charge >= 0.3 is 5.97 Å². The van der Waals surface area contributed by atoms with E-state index in [0.717, 1.165) is 5.01 Å². The van der Waals surface area contributed by atoms with Crippen LogP contribution in [-0.4, -0.2) is 45.5 Å². The Labute approximate surface area is 80.8 Å². The number of hydrogen-bond acceptors (Lipinski definition) is 4. The molecule has 14 heavy (non-hydrogen) atoms. The summed E-state index contributed by atoms with van der Waals surface area (Å²) in [5.41, 5.74) is -0.0368. The van der Waals surface area contributed by atoms with Crippen LogP contribution in [-0.2, 0) is 9.59 Å². The van der Waals surface area contributed by atoms with E-state index in [1.54, 1.807) is 0 Å². The van der Waals surface area contributed by atoms with Gasteiger partial charge in [-0.25, -0.2) is 9.80 Å².